The molecular weight excluding hydrogens is 266 g/mol. The van der Waals surface area contributed by atoms with E-state index in [-0.39, 0.29) is 6.61 Å². The quantitative estimate of drug-likeness (QED) is 0.803. The van der Waals surface area contributed by atoms with Crippen molar-refractivity contribution in [2.75, 3.05) is 32.8 Å². The highest BCUT2D eigenvalue weighted by Crippen LogP contribution is 2.17. The van der Waals surface area contributed by atoms with Crippen molar-refractivity contribution in [2.24, 2.45) is 5.92 Å². The van der Waals surface area contributed by atoms with E-state index in [4.69, 9.17) is 9.84 Å². The van der Waals surface area contributed by atoms with Crippen LogP contribution in [-0.2, 0) is 6.42 Å². The second-order valence-corrected chi connectivity index (χ2v) is 5.89. The van der Waals surface area contributed by atoms with Gasteiger partial charge in [-0.15, -0.1) is 0 Å². The van der Waals surface area contributed by atoms with E-state index in [1.54, 1.807) is 0 Å². The van der Waals surface area contributed by atoms with Crippen molar-refractivity contribution in [1.29, 1.82) is 0 Å². The lowest BCUT2D eigenvalue weighted by atomic mass is 9.98. The fourth-order valence-electron chi connectivity index (χ4n) is 2.72. The fraction of sp³-hybridized carbons (Fsp3) is 0.647. The summed E-state index contributed by atoms with van der Waals surface area (Å²) in [6.07, 6.45) is 2.58. The summed E-state index contributed by atoms with van der Waals surface area (Å²) < 4.78 is 5.63. The maximum Gasteiger partial charge on any atom is 0.119 e. The van der Waals surface area contributed by atoms with E-state index in [0.717, 1.165) is 38.1 Å². The number of nitrogens with zero attached hydrogens (tertiary/aromatic N) is 1. The number of benzene rings is 1. The normalized spacial score (nSPS) is 18.6. The topological polar surface area (TPSA) is 52.9 Å². The summed E-state index contributed by atoms with van der Waals surface area (Å²) in [4.78, 5) is 2.25. The highest BCUT2D eigenvalue weighted by Gasteiger charge is 2.20. The molecule has 0 aliphatic carbocycles. The molecule has 1 heterocycles. The molecule has 118 valence electrons. The molecule has 2 rings (SSSR count). The molecule has 0 bridgehead atoms. The van der Waals surface area contributed by atoms with E-state index in [1.807, 2.05) is 12.1 Å². The SMILES string of the molecule is CCc1ccc(OC[C@@H](O)CN2CCC(CO)CC2)cc1. The summed E-state index contributed by atoms with van der Waals surface area (Å²) in [5.74, 6) is 1.25. The van der Waals surface area contributed by atoms with Gasteiger partial charge in [-0.05, 0) is 56.0 Å². The van der Waals surface area contributed by atoms with Crippen molar-refractivity contribution in [2.45, 2.75) is 32.3 Å². The van der Waals surface area contributed by atoms with Crippen molar-refractivity contribution in [3.05, 3.63) is 29.8 Å². The third kappa shape index (κ3) is 5.30. The molecule has 1 fully saturated rings. The number of aryl methyl sites for hydroxylation is 1. The largest absolute Gasteiger partial charge is 0.491 e. The molecule has 2 N–H and O–H groups in total. The van der Waals surface area contributed by atoms with Crippen LogP contribution in [0.15, 0.2) is 24.3 Å². The van der Waals surface area contributed by atoms with Crippen LogP contribution in [0.5, 0.6) is 5.75 Å². The minimum absolute atomic E-state index is 0.285. The van der Waals surface area contributed by atoms with Crippen LogP contribution in [0.2, 0.25) is 0 Å². The summed E-state index contributed by atoms with van der Waals surface area (Å²) in [6, 6.07) is 8.03. The predicted molar refractivity (Wildman–Crippen MR) is 83.6 cm³/mol. The highest BCUT2D eigenvalue weighted by atomic mass is 16.5. The van der Waals surface area contributed by atoms with E-state index in [1.165, 1.54) is 5.56 Å². The summed E-state index contributed by atoms with van der Waals surface area (Å²) in [5.41, 5.74) is 1.29. The molecule has 1 atom stereocenters. The number of ether oxygens (including phenoxy) is 1. The Morgan fingerprint density at radius 1 is 1.24 bits per heavy atom. The first kappa shape index (κ1) is 16.3. The summed E-state index contributed by atoms with van der Waals surface area (Å²) in [6.45, 7) is 5.28. The standard InChI is InChI=1S/C17H27NO3/c1-2-14-3-5-17(6-4-14)21-13-16(20)11-18-9-7-15(12-19)8-10-18/h3-6,15-16,19-20H,2,7-13H2,1H3/t16-/m0/s1. The lowest BCUT2D eigenvalue weighted by molar-refractivity contribution is 0.0488. The van der Waals surface area contributed by atoms with Crippen LogP contribution in [0.4, 0.5) is 0 Å². The molecule has 0 spiro atoms. The molecule has 1 aliphatic heterocycles. The lowest BCUT2D eigenvalue weighted by Gasteiger charge is -2.32. The van der Waals surface area contributed by atoms with Crippen molar-refractivity contribution >= 4 is 0 Å². The molecule has 4 nitrogen and oxygen atoms in total. The van der Waals surface area contributed by atoms with Crippen LogP contribution in [0.25, 0.3) is 0 Å². The minimum Gasteiger partial charge on any atom is -0.491 e. The van der Waals surface area contributed by atoms with Crippen LogP contribution in [0.1, 0.15) is 25.3 Å². The van der Waals surface area contributed by atoms with E-state index < -0.39 is 6.10 Å². The monoisotopic (exact) mass is 293 g/mol. The third-order valence-electron chi connectivity index (χ3n) is 4.21. The summed E-state index contributed by atoms with van der Waals surface area (Å²) in [7, 11) is 0. The fourth-order valence-corrected chi connectivity index (χ4v) is 2.72. The van der Waals surface area contributed by atoms with Crippen molar-refractivity contribution in [1.82, 2.24) is 4.90 Å². The van der Waals surface area contributed by atoms with E-state index in [2.05, 4.69) is 24.0 Å². The molecule has 0 saturated carbocycles. The zero-order chi connectivity index (χ0) is 15.1. The van der Waals surface area contributed by atoms with E-state index in [9.17, 15) is 5.11 Å². The van der Waals surface area contributed by atoms with E-state index in [0.29, 0.717) is 19.1 Å². The van der Waals surface area contributed by atoms with Crippen molar-refractivity contribution in [3.8, 4) is 5.75 Å². The Bertz CT molecular complexity index is 399. The molecule has 0 radical (unpaired) electrons. The Balaban J connectivity index is 1.68. The van der Waals surface area contributed by atoms with Gasteiger partial charge in [0.15, 0.2) is 0 Å². The Kier molecular flexibility index (Phi) is 6.49. The number of hydrogen-bond donors (Lipinski definition) is 2. The van der Waals surface area contributed by atoms with Crippen LogP contribution in [-0.4, -0.2) is 54.1 Å². The Morgan fingerprint density at radius 3 is 2.48 bits per heavy atom. The Hall–Kier alpha value is -1.10. The van der Waals surface area contributed by atoms with Gasteiger partial charge in [0.05, 0.1) is 0 Å². The number of β-amino-alcohol motifs (C(OH)–C–C–N with tert-alkyl or cyclic N) is 1. The minimum atomic E-state index is -0.471. The number of piperidine rings is 1. The summed E-state index contributed by atoms with van der Waals surface area (Å²) in [5, 5.41) is 19.2. The van der Waals surface area contributed by atoms with Gasteiger partial charge in [0.1, 0.15) is 18.5 Å². The first-order valence-electron chi connectivity index (χ1n) is 7.94. The Labute approximate surface area is 127 Å². The molecule has 0 aromatic heterocycles. The van der Waals surface area contributed by atoms with Gasteiger partial charge < -0.3 is 19.8 Å². The predicted octanol–water partition coefficient (Wildman–Crippen LogP) is 1.69. The molecule has 1 aromatic rings. The second-order valence-electron chi connectivity index (χ2n) is 5.89. The third-order valence-corrected chi connectivity index (χ3v) is 4.21. The molecule has 1 saturated heterocycles. The second kappa shape index (κ2) is 8.37. The van der Waals surface area contributed by atoms with Gasteiger partial charge in [-0.25, -0.2) is 0 Å². The number of rotatable bonds is 7. The van der Waals surface area contributed by atoms with Crippen LogP contribution < -0.4 is 4.74 Å². The molecule has 21 heavy (non-hydrogen) atoms. The number of aliphatic hydroxyl groups is 2. The molecule has 0 amide bonds. The smallest absolute Gasteiger partial charge is 0.119 e. The average Bonchev–Trinajstić information content (AvgIpc) is 2.54. The molecular formula is C17H27NO3. The van der Waals surface area contributed by atoms with Gasteiger partial charge in [-0.3, -0.25) is 0 Å². The van der Waals surface area contributed by atoms with Gasteiger partial charge in [-0.1, -0.05) is 19.1 Å². The van der Waals surface area contributed by atoms with Gasteiger partial charge in [0, 0.05) is 13.2 Å². The number of hydrogen-bond acceptors (Lipinski definition) is 4. The van der Waals surface area contributed by atoms with E-state index >= 15 is 0 Å². The molecule has 4 heteroatoms. The van der Waals surface area contributed by atoms with Crippen LogP contribution >= 0.6 is 0 Å². The average molecular weight is 293 g/mol. The number of aliphatic hydroxyl groups excluding tert-OH is 2. The first-order valence-corrected chi connectivity index (χ1v) is 7.94. The zero-order valence-corrected chi connectivity index (χ0v) is 12.9. The zero-order valence-electron chi connectivity index (χ0n) is 12.9. The number of likely N-dealkylation sites (tertiary alicyclic amines) is 1. The van der Waals surface area contributed by atoms with Gasteiger partial charge in [-0.2, -0.15) is 0 Å². The maximum atomic E-state index is 10.1. The summed E-state index contributed by atoms with van der Waals surface area (Å²) >= 11 is 0. The van der Waals surface area contributed by atoms with Gasteiger partial charge >= 0.3 is 0 Å². The van der Waals surface area contributed by atoms with Crippen molar-refractivity contribution < 1.29 is 14.9 Å². The first-order chi connectivity index (χ1) is 10.2. The molecule has 1 aromatic carbocycles. The highest BCUT2D eigenvalue weighted by molar-refractivity contribution is 5.27. The van der Waals surface area contributed by atoms with Gasteiger partial charge in [0.25, 0.3) is 0 Å². The van der Waals surface area contributed by atoms with Gasteiger partial charge in [0.2, 0.25) is 0 Å². The molecule has 1 aliphatic rings. The molecule has 0 unspecified atom stereocenters. The van der Waals surface area contributed by atoms with Crippen LogP contribution in [0.3, 0.4) is 0 Å². The Morgan fingerprint density at radius 2 is 1.90 bits per heavy atom. The maximum absolute atomic E-state index is 10.1. The lowest BCUT2D eigenvalue weighted by Crippen LogP contribution is -2.41. The van der Waals surface area contributed by atoms with Crippen LogP contribution in [0, 0.1) is 5.92 Å². The van der Waals surface area contributed by atoms with Crippen molar-refractivity contribution in [3.63, 3.8) is 0 Å².